The van der Waals surface area contributed by atoms with Gasteiger partial charge in [-0.15, -0.1) is 5.10 Å². The minimum Gasteiger partial charge on any atom is -0.463 e. The normalized spacial score (nSPS) is 12.1. The minimum atomic E-state index is -0.539. The lowest BCUT2D eigenvalue weighted by atomic mass is 10.1. The largest absolute Gasteiger partial charge is 0.463 e. The number of methoxy groups -OCH3 is 1. The van der Waals surface area contributed by atoms with Gasteiger partial charge in [0.05, 0.1) is 12.8 Å². The van der Waals surface area contributed by atoms with E-state index in [-0.39, 0.29) is 11.9 Å². The van der Waals surface area contributed by atoms with Gasteiger partial charge in [0.25, 0.3) is 5.82 Å². The second-order valence-electron chi connectivity index (χ2n) is 4.74. The lowest BCUT2D eigenvalue weighted by Gasteiger charge is -2.17. The Labute approximate surface area is 124 Å². The molecule has 2 aromatic rings. The van der Waals surface area contributed by atoms with E-state index in [9.17, 15) is 4.79 Å². The summed E-state index contributed by atoms with van der Waals surface area (Å²) < 4.78 is 6.23. The highest BCUT2D eigenvalue weighted by atomic mass is 16.5. The molecule has 6 nitrogen and oxygen atoms in total. The van der Waals surface area contributed by atoms with E-state index in [0.717, 1.165) is 24.2 Å². The van der Waals surface area contributed by atoms with Gasteiger partial charge in [0.1, 0.15) is 6.33 Å². The van der Waals surface area contributed by atoms with E-state index in [0.29, 0.717) is 0 Å². The van der Waals surface area contributed by atoms with E-state index in [1.807, 2.05) is 24.3 Å². The van der Waals surface area contributed by atoms with Gasteiger partial charge < -0.3 is 10.1 Å². The van der Waals surface area contributed by atoms with Gasteiger partial charge in [-0.05, 0) is 31.5 Å². The quantitative estimate of drug-likeness (QED) is 0.824. The second kappa shape index (κ2) is 6.99. The molecule has 1 N–H and O–H groups in total. The van der Waals surface area contributed by atoms with Gasteiger partial charge in [0.15, 0.2) is 0 Å². The molecule has 1 unspecified atom stereocenters. The molecule has 0 fully saturated rings. The van der Waals surface area contributed by atoms with Gasteiger partial charge in [-0.2, -0.15) is 0 Å². The summed E-state index contributed by atoms with van der Waals surface area (Å²) in [6.45, 7) is 5.18. The fraction of sp³-hybridized carbons (Fsp3) is 0.400. The average molecular weight is 288 g/mol. The Balaban J connectivity index is 2.31. The van der Waals surface area contributed by atoms with Crippen LogP contribution in [0.25, 0.3) is 5.69 Å². The molecule has 0 aliphatic rings. The van der Waals surface area contributed by atoms with Crippen LogP contribution in [-0.4, -0.2) is 34.4 Å². The third kappa shape index (κ3) is 3.46. The van der Waals surface area contributed by atoms with Gasteiger partial charge in [0, 0.05) is 6.04 Å². The Bertz CT molecular complexity index is 609. The molecule has 0 radical (unpaired) electrons. The van der Waals surface area contributed by atoms with E-state index in [1.165, 1.54) is 13.4 Å². The standard InChI is InChI=1S/C15H20N4O2/c1-4-9-16-11(2)12-7-5-6-8-13(12)19-10-17-14(18-19)15(20)21-3/h5-8,10-11,16H,4,9H2,1-3H3. The number of rotatable bonds is 6. The van der Waals surface area contributed by atoms with E-state index in [2.05, 4.69) is 34.0 Å². The first-order chi connectivity index (χ1) is 10.2. The number of hydrogen-bond acceptors (Lipinski definition) is 5. The first kappa shape index (κ1) is 15.2. The van der Waals surface area contributed by atoms with Gasteiger partial charge in [-0.3, -0.25) is 0 Å². The summed E-state index contributed by atoms with van der Waals surface area (Å²) in [5.74, 6) is -0.482. The molecule has 0 spiro atoms. The summed E-state index contributed by atoms with van der Waals surface area (Å²) in [5, 5.41) is 7.62. The SMILES string of the molecule is CCCNC(C)c1ccccc1-n1cnc(C(=O)OC)n1. The van der Waals surface area contributed by atoms with Crippen LogP contribution in [0.1, 0.15) is 42.5 Å². The van der Waals surface area contributed by atoms with Crippen molar-refractivity contribution >= 4 is 5.97 Å². The summed E-state index contributed by atoms with van der Waals surface area (Å²) in [6.07, 6.45) is 2.60. The average Bonchev–Trinajstić information content (AvgIpc) is 3.01. The number of para-hydroxylation sites is 1. The van der Waals surface area contributed by atoms with Crippen LogP contribution >= 0.6 is 0 Å². The number of aromatic nitrogens is 3. The molecule has 1 aromatic carbocycles. The number of esters is 1. The molecular weight excluding hydrogens is 268 g/mol. The van der Waals surface area contributed by atoms with Crippen LogP contribution in [0.15, 0.2) is 30.6 Å². The van der Waals surface area contributed by atoms with Crippen LogP contribution < -0.4 is 5.32 Å². The Morgan fingerprint density at radius 1 is 1.43 bits per heavy atom. The highest BCUT2D eigenvalue weighted by Gasteiger charge is 2.15. The maximum atomic E-state index is 11.4. The molecule has 2 rings (SSSR count). The van der Waals surface area contributed by atoms with E-state index in [1.54, 1.807) is 4.68 Å². The van der Waals surface area contributed by atoms with Crippen molar-refractivity contribution in [2.45, 2.75) is 26.3 Å². The lowest BCUT2D eigenvalue weighted by molar-refractivity contribution is 0.0587. The number of nitrogens with zero attached hydrogens (tertiary/aromatic N) is 3. The van der Waals surface area contributed by atoms with Crippen LogP contribution in [-0.2, 0) is 4.74 Å². The molecule has 21 heavy (non-hydrogen) atoms. The number of nitrogens with one attached hydrogen (secondary N) is 1. The molecule has 1 aromatic heterocycles. The Kier molecular flexibility index (Phi) is 5.05. The highest BCUT2D eigenvalue weighted by Crippen LogP contribution is 2.20. The van der Waals surface area contributed by atoms with E-state index < -0.39 is 5.97 Å². The molecule has 1 heterocycles. The lowest BCUT2D eigenvalue weighted by Crippen LogP contribution is -2.20. The summed E-state index contributed by atoms with van der Waals surface area (Å²) in [7, 11) is 1.31. The number of ether oxygens (including phenoxy) is 1. The molecule has 0 saturated carbocycles. The molecule has 1 atom stereocenters. The van der Waals surface area contributed by atoms with Gasteiger partial charge in [-0.25, -0.2) is 14.5 Å². The van der Waals surface area contributed by atoms with Crippen molar-refractivity contribution in [2.75, 3.05) is 13.7 Å². The van der Waals surface area contributed by atoms with Gasteiger partial charge in [-0.1, -0.05) is 25.1 Å². The Hall–Kier alpha value is -2.21. The third-order valence-electron chi connectivity index (χ3n) is 3.21. The van der Waals surface area contributed by atoms with Crippen molar-refractivity contribution in [3.05, 3.63) is 42.0 Å². The van der Waals surface area contributed by atoms with Crippen LogP contribution in [0.4, 0.5) is 0 Å². The highest BCUT2D eigenvalue weighted by molar-refractivity contribution is 5.84. The molecule has 0 aliphatic heterocycles. The molecule has 0 saturated heterocycles. The smallest absolute Gasteiger partial charge is 0.377 e. The van der Waals surface area contributed by atoms with Crippen LogP contribution in [0.2, 0.25) is 0 Å². The zero-order valence-electron chi connectivity index (χ0n) is 12.5. The van der Waals surface area contributed by atoms with Crippen molar-refractivity contribution in [2.24, 2.45) is 0 Å². The third-order valence-corrected chi connectivity index (χ3v) is 3.21. The summed E-state index contributed by atoms with van der Waals surface area (Å²) in [5.41, 5.74) is 2.00. The van der Waals surface area contributed by atoms with Gasteiger partial charge in [0.2, 0.25) is 0 Å². The zero-order valence-corrected chi connectivity index (χ0v) is 12.5. The predicted octanol–water partition coefficient (Wildman–Crippen LogP) is 2.11. The Morgan fingerprint density at radius 3 is 2.90 bits per heavy atom. The number of hydrogen-bond donors (Lipinski definition) is 1. The molecule has 0 aliphatic carbocycles. The summed E-state index contributed by atoms with van der Waals surface area (Å²) >= 11 is 0. The summed E-state index contributed by atoms with van der Waals surface area (Å²) in [6, 6.07) is 8.11. The van der Waals surface area contributed by atoms with Crippen molar-refractivity contribution in [3.63, 3.8) is 0 Å². The van der Waals surface area contributed by atoms with Crippen LogP contribution in [0.5, 0.6) is 0 Å². The van der Waals surface area contributed by atoms with E-state index in [4.69, 9.17) is 0 Å². The van der Waals surface area contributed by atoms with Gasteiger partial charge >= 0.3 is 5.97 Å². The van der Waals surface area contributed by atoms with Crippen molar-refractivity contribution in [1.82, 2.24) is 20.1 Å². The fourth-order valence-corrected chi connectivity index (χ4v) is 2.10. The predicted molar refractivity (Wildman–Crippen MR) is 79.4 cm³/mol. The fourth-order valence-electron chi connectivity index (χ4n) is 2.10. The second-order valence-corrected chi connectivity index (χ2v) is 4.74. The van der Waals surface area contributed by atoms with E-state index >= 15 is 0 Å². The number of carbonyl (C=O) groups excluding carboxylic acids is 1. The number of benzene rings is 1. The maximum absolute atomic E-state index is 11.4. The molecule has 0 amide bonds. The maximum Gasteiger partial charge on any atom is 0.377 e. The monoisotopic (exact) mass is 288 g/mol. The molecule has 6 heteroatoms. The van der Waals surface area contributed by atoms with Crippen molar-refractivity contribution < 1.29 is 9.53 Å². The topological polar surface area (TPSA) is 69.0 Å². The molecule has 112 valence electrons. The van der Waals surface area contributed by atoms with Crippen LogP contribution in [0, 0.1) is 0 Å². The molecule has 0 bridgehead atoms. The molecular formula is C15H20N4O2. The minimum absolute atomic E-state index is 0.0569. The Morgan fingerprint density at radius 2 is 2.19 bits per heavy atom. The first-order valence-electron chi connectivity index (χ1n) is 7.00. The van der Waals surface area contributed by atoms with Crippen LogP contribution in [0.3, 0.4) is 0 Å². The van der Waals surface area contributed by atoms with Crippen molar-refractivity contribution in [3.8, 4) is 5.69 Å². The first-order valence-corrected chi connectivity index (χ1v) is 7.00. The van der Waals surface area contributed by atoms with Crippen molar-refractivity contribution in [1.29, 1.82) is 0 Å². The summed E-state index contributed by atoms with van der Waals surface area (Å²) in [4.78, 5) is 15.4. The number of carbonyl (C=O) groups is 1. The zero-order chi connectivity index (χ0) is 15.2.